The van der Waals surface area contributed by atoms with Crippen molar-refractivity contribution < 1.29 is 19.1 Å². The maximum absolute atomic E-state index is 12.4. The highest BCUT2D eigenvalue weighted by Crippen LogP contribution is 2.18. The van der Waals surface area contributed by atoms with Gasteiger partial charge in [-0.15, -0.1) is 0 Å². The van der Waals surface area contributed by atoms with Crippen molar-refractivity contribution in [2.75, 3.05) is 7.11 Å². The van der Waals surface area contributed by atoms with E-state index >= 15 is 0 Å². The topological polar surface area (TPSA) is 52.6 Å². The molecule has 0 spiro atoms. The number of benzene rings is 3. The van der Waals surface area contributed by atoms with Crippen LogP contribution >= 0.6 is 0 Å². The Hall–Kier alpha value is -3.14. The number of hydrogen-bond acceptors (Lipinski definition) is 4. The van der Waals surface area contributed by atoms with Crippen LogP contribution in [0, 0.1) is 0 Å². The number of carbonyl (C=O) groups is 2. The first kappa shape index (κ1) is 16.7. The van der Waals surface area contributed by atoms with Crippen molar-refractivity contribution in [2.45, 2.75) is 13.0 Å². The number of hydrogen-bond donors (Lipinski definition) is 0. The van der Waals surface area contributed by atoms with Gasteiger partial charge in [-0.25, -0.2) is 4.79 Å². The lowest BCUT2D eigenvalue weighted by Crippen LogP contribution is -2.24. The largest absolute Gasteiger partial charge is 0.497 e. The van der Waals surface area contributed by atoms with E-state index in [1.54, 1.807) is 50.4 Å². The molecule has 3 aromatic carbocycles. The van der Waals surface area contributed by atoms with Crippen LogP contribution < -0.4 is 4.74 Å². The number of ketones is 1. The van der Waals surface area contributed by atoms with Gasteiger partial charge >= 0.3 is 5.97 Å². The normalized spacial score (nSPS) is 11.8. The number of rotatable bonds is 5. The summed E-state index contributed by atoms with van der Waals surface area (Å²) in [6.07, 6.45) is -0.868. The summed E-state index contributed by atoms with van der Waals surface area (Å²) in [5, 5.41) is 1.99. The molecule has 126 valence electrons. The van der Waals surface area contributed by atoms with Gasteiger partial charge in [-0.1, -0.05) is 30.3 Å². The number of esters is 1. The zero-order valence-corrected chi connectivity index (χ0v) is 14.1. The van der Waals surface area contributed by atoms with Gasteiger partial charge in [0, 0.05) is 5.56 Å². The van der Waals surface area contributed by atoms with Gasteiger partial charge in [0.15, 0.2) is 6.10 Å². The molecule has 0 aliphatic rings. The second kappa shape index (κ2) is 7.18. The van der Waals surface area contributed by atoms with Gasteiger partial charge in [-0.05, 0) is 54.1 Å². The Balaban J connectivity index is 1.72. The monoisotopic (exact) mass is 334 g/mol. The van der Waals surface area contributed by atoms with Crippen molar-refractivity contribution in [3.63, 3.8) is 0 Å². The van der Waals surface area contributed by atoms with Crippen LogP contribution in [0.4, 0.5) is 0 Å². The molecule has 0 fully saturated rings. The fourth-order valence-electron chi connectivity index (χ4n) is 2.59. The molecule has 3 rings (SSSR count). The maximum Gasteiger partial charge on any atom is 0.338 e. The molecule has 0 heterocycles. The van der Waals surface area contributed by atoms with Gasteiger partial charge < -0.3 is 9.47 Å². The summed E-state index contributed by atoms with van der Waals surface area (Å²) < 4.78 is 10.4. The van der Waals surface area contributed by atoms with E-state index in [0.717, 1.165) is 10.8 Å². The van der Waals surface area contributed by atoms with Crippen LogP contribution in [-0.2, 0) is 4.74 Å². The Kier molecular flexibility index (Phi) is 4.80. The third-order valence-corrected chi connectivity index (χ3v) is 4.01. The van der Waals surface area contributed by atoms with Gasteiger partial charge in [-0.3, -0.25) is 4.79 Å². The first-order valence-electron chi connectivity index (χ1n) is 7.96. The van der Waals surface area contributed by atoms with E-state index in [1.807, 2.05) is 30.3 Å². The third kappa shape index (κ3) is 3.69. The van der Waals surface area contributed by atoms with E-state index in [1.165, 1.54) is 0 Å². The second-order valence-electron chi connectivity index (χ2n) is 5.70. The van der Waals surface area contributed by atoms with Crippen LogP contribution in [0.25, 0.3) is 10.8 Å². The van der Waals surface area contributed by atoms with Crippen molar-refractivity contribution in [1.29, 1.82) is 0 Å². The second-order valence-corrected chi connectivity index (χ2v) is 5.70. The molecular formula is C21H18O4. The molecule has 4 nitrogen and oxygen atoms in total. The molecule has 1 unspecified atom stereocenters. The molecular weight excluding hydrogens is 316 g/mol. The molecule has 0 saturated heterocycles. The maximum atomic E-state index is 12.4. The Morgan fingerprint density at radius 2 is 1.48 bits per heavy atom. The number of ether oxygens (including phenoxy) is 2. The Morgan fingerprint density at radius 3 is 2.16 bits per heavy atom. The summed E-state index contributed by atoms with van der Waals surface area (Å²) in [6, 6.07) is 19.8. The van der Waals surface area contributed by atoms with E-state index in [-0.39, 0.29) is 5.78 Å². The summed E-state index contributed by atoms with van der Waals surface area (Å²) in [5.74, 6) is -0.103. The smallest absolute Gasteiger partial charge is 0.338 e. The van der Waals surface area contributed by atoms with Gasteiger partial charge in [-0.2, -0.15) is 0 Å². The van der Waals surface area contributed by atoms with Crippen LogP contribution in [-0.4, -0.2) is 25.0 Å². The molecule has 0 bridgehead atoms. The third-order valence-electron chi connectivity index (χ3n) is 4.01. The molecule has 0 aliphatic heterocycles. The molecule has 25 heavy (non-hydrogen) atoms. The number of methoxy groups -OCH3 is 1. The van der Waals surface area contributed by atoms with Crippen molar-refractivity contribution in [1.82, 2.24) is 0 Å². The lowest BCUT2D eigenvalue weighted by atomic mass is 10.1. The highest BCUT2D eigenvalue weighted by Gasteiger charge is 2.20. The van der Waals surface area contributed by atoms with Gasteiger partial charge in [0.1, 0.15) is 5.75 Å². The number of fused-ring (bicyclic) bond motifs is 1. The summed E-state index contributed by atoms with van der Waals surface area (Å²) in [6.45, 7) is 1.57. The first-order chi connectivity index (χ1) is 12.1. The summed E-state index contributed by atoms with van der Waals surface area (Å²) in [7, 11) is 1.56. The Labute approximate surface area is 146 Å². The molecule has 0 aliphatic carbocycles. The van der Waals surface area contributed by atoms with E-state index in [0.29, 0.717) is 16.9 Å². The fourth-order valence-corrected chi connectivity index (χ4v) is 2.59. The molecule has 1 atom stereocenters. The van der Waals surface area contributed by atoms with Crippen molar-refractivity contribution in [3.8, 4) is 5.75 Å². The lowest BCUT2D eigenvalue weighted by Gasteiger charge is -2.13. The first-order valence-corrected chi connectivity index (χ1v) is 7.96. The molecule has 0 aromatic heterocycles. The van der Waals surface area contributed by atoms with E-state index in [2.05, 4.69) is 0 Å². The Morgan fingerprint density at radius 1 is 0.840 bits per heavy atom. The van der Waals surface area contributed by atoms with E-state index < -0.39 is 12.1 Å². The van der Waals surface area contributed by atoms with Crippen LogP contribution in [0.3, 0.4) is 0 Å². The van der Waals surface area contributed by atoms with Gasteiger partial charge in [0.2, 0.25) is 5.78 Å². The minimum atomic E-state index is -0.868. The number of carbonyl (C=O) groups excluding carboxylic acids is 2. The van der Waals surface area contributed by atoms with Crippen LogP contribution in [0.1, 0.15) is 27.6 Å². The highest BCUT2D eigenvalue weighted by molar-refractivity contribution is 6.02. The molecule has 0 radical (unpaired) electrons. The number of Topliss-reactive ketones (excluding diaryl/α,β-unsaturated/α-hetero) is 1. The zero-order chi connectivity index (χ0) is 17.8. The lowest BCUT2D eigenvalue weighted by molar-refractivity contribution is 0.0319. The standard InChI is InChI=1S/C21H18O4/c1-14(20(22)16-9-11-19(24-2)12-10-16)25-21(23)18-8-7-15-5-3-4-6-17(15)13-18/h3-14H,1-2H3. The van der Waals surface area contributed by atoms with E-state index in [9.17, 15) is 9.59 Å². The molecule has 0 saturated carbocycles. The molecule has 0 amide bonds. The molecule has 4 heteroatoms. The predicted molar refractivity (Wildman–Crippen MR) is 96.2 cm³/mol. The van der Waals surface area contributed by atoms with Crippen LogP contribution in [0.15, 0.2) is 66.7 Å². The molecule has 0 N–H and O–H groups in total. The summed E-state index contributed by atoms with van der Waals surface area (Å²) >= 11 is 0. The van der Waals surface area contributed by atoms with Crippen LogP contribution in [0.2, 0.25) is 0 Å². The summed E-state index contributed by atoms with van der Waals surface area (Å²) in [4.78, 5) is 24.7. The minimum absolute atomic E-state index is 0.253. The van der Waals surface area contributed by atoms with Crippen molar-refractivity contribution >= 4 is 22.5 Å². The van der Waals surface area contributed by atoms with Gasteiger partial charge in [0.05, 0.1) is 12.7 Å². The quantitative estimate of drug-likeness (QED) is 0.516. The zero-order valence-electron chi connectivity index (χ0n) is 14.1. The SMILES string of the molecule is COc1ccc(C(=O)C(C)OC(=O)c2ccc3ccccc3c2)cc1. The average Bonchev–Trinajstić information content (AvgIpc) is 2.67. The predicted octanol–water partition coefficient (Wildman–Crippen LogP) is 4.28. The van der Waals surface area contributed by atoms with Crippen LogP contribution in [0.5, 0.6) is 5.75 Å². The van der Waals surface area contributed by atoms with Gasteiger partial charge in [0.25, 0.3) is 0 Å². The average molecular weight is 334 g/mol. The fraction of sp³-hybridized carbons (Fsp3) is 0.143. The summed E-state index contributed by atoms with van der Waals surface area (Å²) in [5.41, 5.74) is 0.896. The van der Waals surface area contributed by atoms with Crippen molar-refractivity contribution in [3.05, 3.63) is 77.9 Å². The minimum Gasteiger partial charge on any atom is -0.497 e. The Bertz CT molecular complexity index is 913. The van der Waals surface area contributed by atoms with Crippen molar-refractivity contribution in [2.24, 2.45) is 0 Å². The van der Waals surface area contributed by atoms with E-state index in [4.69, 9.17) is 9.47 Å². The molecule has 3 aromatic rings. The highest BCUT2D eigenvalue weighted by atomic mass is 16.5.